The first-order valence-corrected chi connectivity index (χ1v) is 9.45. The zero-order valence-electron chi connectivity index (χ0n) is 17.2. The van der Waals surface area contributed by atoms with E-state index in [4.69, 9.17) is 4.74 Å². The summed E-state index contributed by atoms with van der Waals surface area (Å²) in [7, 11) is 3.16. The van der Waals surface area contributed by atoms with Crippen LogP contribution in [0.4, 0.5) is 8.78 Å². The van der Waals surface area contributed by atoms with Crippen molar-refractivity contribution in [2.45, 2.75) is 26.0 Å². The summed E-state index contributed by atoms with van der Waals surface area (Å²) in [6.07, 6.45) is 3.50. The zero-order valence-corrected chi connectivity index (χ0v) is 19.5. The van der Waals surface area contributed by atoms with E-state index in [0.717, 1.165) is 24.3 Å². The molecule has 0 aliphatic rings. The van der Waals surface area contributed by atoms with Crippen LogP contribution in [0.3, 0.4) is 0 Å². The number of halogens is 3. The lowest BCUT2D eigenvalue weighted by molar-refractivity contribution is -0.0504. The SMILES string of the molecule is CN=C(NCCCc1nnc2ccccn12)NCc1cc(OC)ccc1OC(F)F.I. The van der Waals surface area contributed by atoms with Crippen LogP contribution in [-0.2, 0) is 13.0 Å². The molecular formula is C20H25F2IN6O2. The van der Waals surface area contributed by atoms with Crippen molar-refractivity contribution in [2.75, 3.05) is 20.7 Å². The Hall–Kier alpha value is -2.70. The highest BCUT2D eigenvalue weighted by Gasteiger charge is 2.12. The van der Waals surface area contributed by atoms with Crippen molar-refractivity contribution >= 4 is 35.6 Å². The Morgan fingerprint density at radius 2 is 2.03 bits per heavy atom. The van der Waals surface area contributed by atoms with Crippen LogP contribution in [-0.4, -0.2) is 47.9 Å². The van der Waals surface area contributed by atoms with Crippen molar-refractivity contribution in [3.05, 3.63) is 54.0 Å². The lowest BCUT2D eigenvalue weighted by Gasteiger charge is -2.15. The third kappa shape index (κ3) is 6.91. The number of benzene rings is 1. The van der Waals surface area contributed by atoms with E-state index in [9.17, 15) is 8.78 Å². The first kappa shape index (κ1) is 24.6. The first-order chi connectivity index (χ1) is 14.6. The van der Waals surface area contributed by atoms with Gasteiger partial charge < -0.3 is 20.1 Å². The standard InChI is InChI=1S/C20H24F2N6O2.HI/c1-23-20(24-10-5-7-18-27-26-17-6-3-4-11-28(17)18)25-13-14-12-15(29-2)8-9-16(14)30-19(21)22;/h3-4,6,8-9,11-12,19H,5,7,10,13H2,1-2H3,(H2,23,24,25);1H. The number of aromatic nitrogens is 3. The van der Waals surface area contributed by atoms with E-state index < -0.39 is 6.61 Å². The molecule has 0 saturated carbocycles. The highest BCUT2D eigenvalue weighted by Crippen LogP contribution is 2.25. The largest absolute Gasteiger partial charge is 0.497 e. The summed E-state index contributed by atoms with van der Waals surface area (Å²) < 4.78 is 37.0. The van der Waals surface area contributed by atoms with Gasteiger partial charge in [0.05, 0.1) is 7.11 Å². The number of fused-ring (bicyclic) bond motifs is 1. The van der Waals surface area contributed by atoms with Crippen LogP contribution >= 0.6 is 24.0 Å². The molecule has 1 aromatic carbocycles. The van der Waals surface area contributed by atoms with E-state index in [-0.39, 0.29) is 36.3 Å². The second-order valence-electron chi connectivity index (χ2n) is 6.35. The Kier molecular flexibility index (Phi) is 9.69. The molecule has 2 N–H and O–H groups in total. The molecule has 0 aliphatic heterocycles. The molecule has 8 nitrogen and oxygen atoms in total. The second kappa shape index (κ2) is 12.2. The van der Waals surface area contributed by atoms with Gasteiger partial charge in [-0.1, -0.05) is 6.07 Å². The van der Waals surface area contributed by atoms with Gasteiger partial charge in [0.1, 0.15) is 17.3 Å². The van der Waals surface area contributed by atoms with E-state index in [2.05, 4.69) is 30.6 Å². The number of hydrogen-bond donors (Lipinski definition) is 2. The molecule has 0 spiro atoms. The van der Waals surface area contributed by atoms with E-state index in [1.807, 2.05) is 28.8 Å². The van der Waals surface area contributed by atoms with Crippen molar-refractivity contribution in [3.8, 4) is 11.5 Å². The molecule has 0 saturated heterocycles. The van der Waals surface area contributed by atoms with Crippen LogP contribution in [0.25, 0.3) is 5.65 Å². The van der Waals surface area contributed by atoms with Crippen molar-refractivity contribution in [3.63, 3.8) is 0 Å². The van der Waals surface area contributed by atoms with Gasteiger partial charge in [0.15, 0.2) is 11.6 Å². The Bertz CT molecular complexity index is 999. The second-order valence-corrected chi connectivity index (χ2v) is 6.35. The quantitative estimate of drug-likeness (QED) is 0.186. The van der Waals surface area contributed by atoms with Gasteiger partial charge in [-0.25, -0.2) is 0 Å². The minimum atomic E-state index is -2.90. The summed E-state index contributed by atoms with van der Waals surface area (Å²) in [5.74, 6) is 2.08. The van der Waals surface area contributed by atoms with Crippen LogP contribution < -0.4 is 20.1 Å². The van der Waals surface area contributed by atoms with E-state index in [1.165, 1.54) is 13.2 Å². The van der Waals surface area contributed by atoms with Crippen LogP contribution in [0.1, 0.15) is 17.8 Å². The number of rotatable bonds is 9. The number of guanidine groups is 1. The van der Waals surface area contributed by atoms with E-state index in [0.29, 0.717) is 23.8 Å². The molecule has 168 valence electrons. The predicted molar refractivity (Wildman–Crippen MR) is 125 cm³/mol. The molecule has 0 amide bonds. The Labute approximate surface area is 196 Å². The fourth-order valence-corrected chi connectivity index (χ4v) is 2.95. The number of nitrogens with zero attached hydrogens (tertiary/aromatic N) is 4. The highest BCUT2D eigenvalue weighted by molar-refractivity contribution is 14.0. The van der Waals surface area contributed by atoms with Gasteiger partial charge in [-0.05, 0) is 36.8 Å². The maximum atomic E-state index is 12.6. The van der Waals surface area contributed by atoms with Gasteiger partial charge in [-0.3, -0.25) is 9.39 Å². The van der Waals surface area contributed by atoms with Crippen molar-refractivity contribution < 1.29 is 18.3 Å². The van der Waals surface area contributed by atoms with Gasteiger partial charge in [0.2, 0.25) is 0 Å². The van der Waals surface area contributed by atoms with Gasteiger partial charge >= 0.3 is 6.61 Å². The van der Waals surface area contributed by atoms with Crippen LogP contribution in [0.2, 0.25) is 0 Å². The zero-order chi connectivity index (χ0) is 21.3. The Morgan fingerprint density at radius 1 is 1.19 bits per heavy atom. The van der Waals surface area contributed by atoms with Gasteiger partial charge in [-0.15, -0.1) is 34.2 Å². The number of methoxy groups -OCH3 is 1. The maximum Gasteiger partial charge on any atom is 0.387 e. The molecule has 2 heterocycles. The van der Waals surface area contributed by atoms with Crippen molar-refractivity contribution in [1.29, 1.82) is 0 Å². The molecular weight excluding hydrogens is 521 g/mol. The summed E-state index contributed by atoms with van der Waals surface area (Å²) in [5, 5.41) is 14.6. The van der Waals surface area contributed by atoms with E-state index >= 15 is 0 Å². The van der Waals surface area contributed by atoms with Gasteiger partial charge in [0, 0.05) is 38.3 Å². The number of hydrogen-bond acceptors (Lipinski definition) is 5. The van der Waals surface area contributed by atoms with Crippen molar-refractivity contribution in [2.24, 2.45) is 4.99 Å². The molecule has 0 unspecified atom stereocenters. The molecule has 0 atom stereocenters. The average molecular weight is 546 g/mol. The average Bonchev–Trinajstić information content (AvgIpc) is 3.17. The van der Waals surface area contributed by atoms with Crippen LogP contribution in [0.5, 0.6) is 11.5 Å². The number of nitrogens with one attached hydrogen (secondary N) is 2. The molecule has 31 heavy (non-hydrogen) atoms. The summed E-state index contributed by atoms with van der Waals surface area (Å²) in [6.45, 7) is -2.00. The minimum absolute atomic E-state index is 0. The highest BCUT2D eigenvalue weighted by atomic mass is 127. The third-order valence-electron chi connectivity index (χ3n) is 4.41. The summed E-state index contributed by atoms with van der Waals surface area (Å²) in [6, 6.07) is 10.4. The fraction of sp³-hybridized carbons (Fsp3) is 0.350. The molecule has 11 heteroatoms. The lowest BCUT2D eigenvalue weighted by atomic mass is 10.2. The number of alkyl halides is 2. The topological polar surface area (TPSA) is 85.1 Å². The first-order valence-electron chi connectivity index (χ1n) is 9.45. The molecule has 0 bridgehead atoms. The fourth-order valence-electron chi connectivity index (χ4n) is 2.95. The molecule has 2 aromatic heterocycles. The van der Waals surface area contributed by atoms with Crippen LogP contribution in [0, 0.1) is 0 Å². The molecule has 0 fully saturated rings. The summed E-state index contributed by atoms with van der Waals surface area (Å²) >= 11 is 0. The number of aliphatic imine (C=N–C) groups is 1. The van der Waals surface area contributed by atoms with Crippen molar-refractivity contribution in [1.82, 2.24) is 25.2 Å². The number of pyridine rings is 1. The molecule has 3 aromatic rings. The van der Waals surface area contributed by atoms with Gasteiger partial charge in [0.25, 0.3) is 0 Å². The van der Waals surface area contributed by atoms with Gasteiger partial charge in [-0.2, -0.15) is 8.78 Å². The third-order valence-corrected chi connectivity index (χ3v) is 4.41. The van der Waals surface area contributed by atoms with E-state index in [1.54, 1.807) is 19.2 Å². The normalized spacial score (nSPS) is 11.3. The summed E-state index contributed by atoms with van der Waals surface area (Å²) in [4.78, 5) is 4.16. The molecule has 0 radical (unpaired) electrons. The number of aryl methyl sites for hydroxylation is 1. The molecule has 0 aliphatic carbocycles. The Balaban J connectivity index is 0.00000341. The molecule has 3 rings (SSSR count). The van der Waals surface area contributed by atoms with Crippen LogP contribution in [0.15, 0.2) is 47.6 Å². The monoisotopic (exact) mass is 546 g/mol. The summed E-state index contributed by atoms with van der Waals surface area (Å²) in [5.41, 5.74) is 1.35. The number of ether oxygens (including phenoxy) is 2. The Morgan fingerprint density at radius 3 is 2.77 bits per heavy atom. The maximum absolute atomic E-state index is 12.6. The lowest BCUT2D eigenvalue weighted by Crippen LogP contribution is -2.37. The smallest absolute Gasteiger partial charge is 0.387 e. The minimum Gasteiger partial charge on any atom is -0.497 e. The predicted octanol–water partition coefficient (Wildman–Crippen LogP) is 3.26.